The van der Waals surface area contributed by atoms with E-state index in [1.54, 1.807) is 6.08 Å². The fourth-order valence-electron chi connectivity index (χ4n) is 0.780. The number of aliphatic hydroxyl groups is 1. The van der Waals surface area contributed by atoms with Gasteiger partial charge in [0.1, 0.15) is 0 Å². The molecule has 60 valence electrons. The highest BCUT2D eigenvalue weighted by Crippen LogP contribution is 1.86. The summed E-state index contributed by atoms with van der Waals surface area (Å²) in [6.07, 6.45) is 3.77. The van der Waals surface area contributed by atoms with E-state index in [9.17, 15) is 0 Å². The molecule has 0 atom stereocenters. The van der Waals surface area contributed by atoms with E-state index in [1.807, 2.05) is 6.08 Å². The second kappa shape index (κ2) is 6.78. The van der Waals surface area contributed by atoms with Gasteiger partial charge in [0.25, 0.3) is 0 Å². The van der Waals surface area contributed by atoms with Crippen molar-refractivity contribution in [3.63, 3.8) is 0 Å². The van der Waals surface area contributed by atoms with Crippen LogP contribution in [0.1, 0.15) is 13.8 Å². The lowest BCUT2D eigenvalue weighted by Crippen LogP contribution is -2.22. The minimum atomic E-state index is 0.154. The number of nitrogens with zero attached hydrogens (tertiary/aromatic N) is 1. The molecule has 0 aliphatic rings. The van der Waals surface area contributed by atoms with Crippen LogP contribution in [0.15, 0.2) is 12.2 Å². The number of hydrogen-bond acceptors (Lipinski definition) is 2. The molecule has 0 saturated carbocycles. The Balaban J connectivity index is 3.34. The highest BCUT2D eigenvalue weighted by molar-refractivity contribution is 4.83. The highest BCUT2D eigenvalue weighted by Gasteiger charge is 1.92. The van der Waals surface area contributed by atoms with Crippen LogP contribution in [-0.4, -0.2) is 36.2 Å². The minimum Gasteiger partial charge on any atom is -0.392 e. The Morgan fingerprint density at radius 2 is 1.80 bits per heavy atom. The normalized spacial score (nSPS) is 11.6. The van der Waals surface area contributed by atoms with E-state index in [2.05, 4.69) is 18.7 Å². The third-order valence-electron chi connectivity index (χ3n) is 1.53. The van der Waals surface area contributed by atoms with Crippen molar-refractivity contribution in [1.82, 2.24) is 4.90 Å². The van der Waals surface area contributed by atoms with Crippen LogP contribution in [0.4, 0.5) is 0 Å². The van der Waals surface area contributed by atoms with E-state index in [0.717, 1.165) is 19.6 Å². The Morgan fingerprint density at radius 3 is 2.20 bits per heavy atom. The maximum atomic E-state index is 8.42. The zero-order chi connectivity index (χ0) is 7.82. The summed E-state index contributed by atoms with van der Waals surface area (Å²) in [6.45, 7) is 7.53. The molecule has 0 aromatic rings. The first-order chi connectivity index (χ1) is 4.85. The maximum absolute atomic E-state index is 8.42. The summed E-state index contributed by atoms with van der Waals surface area (Å²) < 4.78 is 0. The lowest BCUT2D eigenvalue weighted by molar-refractivity contribution is 0.329. The maximum Gasteiger partial charge on any atom is 0.0612 e. The first kappa shape index (κ1) is 9.66. The van der Waals surface area contributed by atoms with E-state index in [-0.39, 0.29) is 6.61 Å². The molecule has 0 bridgehead atoms. The van der Waals surface area contributed by atoms with Crippen molar-refractivity contribution < 1.29 is 5.11 Å². The van der Waals surface area contributed by atoms with Gasteiger partial charge in [-0.25, -0.2) is 0 Å². The van der Waals surface area contributed by atoms with Gasteiger partial charge in [0.2, 0.25) is 0 Å². The topological polar surface area (TPSA) is 23.5 Å². The smallest absolute Gasteiger partial charge is 0.0612 e. The Bertz CT molecular complexity index is 87.3. The van der Waals surface area contributed by atoms with Crippen molar-refractivity contribution in [1.29, 1.82) is 0 Å². The van der Waals surface area contributed by atoms with E-state index < -0.39 is 0 Å². The van der Waals surface area contributed by atoms with Gasteiger partial charge in [-0.05, 0) is 13.1 Å². The van der Waals surface area contributed by atoms with Crippen molar-refractivity contribution in [2.45, 2.75) is 13.8 Å². The summed E-state index contributed by atoms with van der Waals surface area (Å²) in [5.74, 6) is 0. The van der Waals surface area contributed by atoms with Gasteiger partial charge in [-0.3, -0.25) is 0 Å². The summed E-state index contributed by atoms with van der Waals surface area (Å²) in [6, 6.07) is 0. The van der Waals surface area contributed by atoms with E-state index in [4.69, 9.17) is 5.11 Å². The quantitative estimate of drug-likeness (QED) is 0.577. The summed E-state index contributed by atoms with van der Waals surface area (Å²) in [5.41, 5.74) is 0. The third kappa shape index (κ3) is 4.53. The second-order valence-electron chi connectivity index (χ2n) is 2.14. The lowest BCUT2D eigenvalue weighted by atomic mass is 10.4. The van der Waals surface area contributed by atoms with Crippen molar-refractivity contribution in [2.24, 2.45) is 0 Å². The molecule has 2 heteroatoms. The number of aliphatic hydroxyl groups excluding tert-OH is 1. The summed E-state index contributed by atoms with van der Waals surface area (Å²) in [7, 11) is 0. The molecule has 10 heavy (non-hydrogen) atoms. The SMILES string of the molecule is CCN(CC)C/C=C\CO. The van der Waals surface area contributed by atoms with Crippen molar-refractivity contribution >= 4 is 0 Å². The van der Waals surface area contributed by atoms with Crippen LogP contribution < -0.4 is 0 Å². The Morgan fingerprint density at radius 1 is 1.20 bits per heavy atom. The largest absolute Gasteiger partial charge is 0.392 e. The van der Waals surface area contributed by atoms with Gasteiger partial charge >= 0.3 is 0 Å². The van der Waals surface area contributed by atoms with Crippen molar-refractivity contribution in [3.05, 3.63) is 12.2 Å². The number of likely N-dealkylation sites (N-methyl/N-ethyl adjacent to an activating group) is 1. The minimum absolute atomic E-state index is 0.154. The molecule has 1 N–H and O–H groups in total. The predicted molar refractivity (Wildman–Crippen MR) is 44.0 cm³/mol. The summed E-state index contributed by atoms with van der Waals surface area (Å²) in [4.78, 5) is 2.28. The highest BCUT2D eigenvalue weighted by atomic mass is 16.2. The Hall–Kier alpha value is -0.340. The van der Waals surface area contributed by atoms with Crippen LogP contribution in [0.5, 0.6) is 0 Å². The molecule has 0 rings (SSSR count). The molecule has 0 aliphatic heterocycles. The molecule has 0 saturated heterocycles. The van der Waals surface area contributed by atoms with Crippen LogP contribution >= 0.6 is 0 Å². The van der Waals surface area contributed by atoms with Gasteiger partial charge in [-0.2, -0.15) is 0 Å². The zero-order valence-corrected chi connectivity index (χ0v) is 6.88. The first-order valence-corrected chi connectivity index (χ1v) is 3.83. The fourth-order valence-corrected chi connectivity index (χ4v) is 0.780. The molecule has 0 spiro atoms. The van der Waals surface area contributed by atoms with Crippen molar-refractivity contribution in [3.8, 4) is 0 Å². The van der Waals surface area contributed by atoms with Gasteiger partial charge in [0.05, 0.1) is 6.61 Å². The zero-order valence-electron chi connectivity index (χ0n) is 6.88. The average molecular weight is 143 g/mol. The van der Waals surface area contributed by atoms with E-state index in [0.29, 0.717) is 0 Å². The van der Waals surface area contributed by atoms with Crippen LogP contribution in [0, 0.1) is 0 Å². The van der Waals surface area contributed by atoms with Gasteiger partial charge in [0, 0.05) is 6.54 Å². The molecular weight excluding hydrogens is 126 g/mol. The number of hydrogen-bond donors (Lipinski definition) is 1. The Labute approximate surface area is 63.2 Å². The molecule has 0 radical (unpaired) electrons. The molecule has 2 nitrogen and oxygen atoms in total. The number of rotatable bonds is 5. The van der Waals surface area contributed by atoms with E-state index in [1.165, 1.54) is 0 Å². The van der Waals surface area contributed by atoms with Crippen LogP contribution in [0.2, 0.25) is 0 Å². The summed E-state index contributed by atoms with van der Waals surface area (Å²) >= 11 is 0. The second-order valence-corrected chi connectivity index (χ2v) is 2.14. The molecule has 0 heterocycles. The van der Waals surface area contributed by atoms with E-state index >= 15 is 0 Å². The van der Waals surface area contributed by atoms with Crippen LogP contribution in [0.3, 0.4) is 0 Å². The predicted octanol–water partition coefficient (Wildman–Crippen LogP) is 0.877. The van der Waals surface area contributed by atoms with Gasteiger partial charge in [-0.1, -0.05) is 26.0 Å². The van der Waals surface area contributed by atoms with Gasteiger partial charge in [-0.15, -0.1) is 0 Å². The first-order valence-electron chi connectivity index (χ1n) is 3.83. The molecular formula is C8H17NO. The standard InChI is InChI=1S/C8H17NO/c1-3-9(4-2)7-5-6-8-10/h5-6,10H,3-4,7-8H2,1-2H3/b6-5-. The monoisotopic (exact) mass is 143 g/mol. The molecule has 0 aliphatic carbocycles. The molecule has 0 unspecified atom stereocenters. The average Bonchev–Trinajstić information content (AvgIpc) is 1.99. The molecule has 0 aromatic carbocycles. The van der Waals surface area contributed by atoms with Gasteiger partial charge in [0.15, 0.2) is 0 Å². The third-order valence-corrected chi connectivity index (χ3v) is 1.53. The molecule has 0 amide bonds. The van der Waals surface area contributed by atoms with Crippen LogP contribution in [0.25, 0.3) is 0 Å². The fraction of sp³-hybridized carbons (Fsp3) is 0.750. The summed E-state index contributed by atoms with van der Waals surface area (Å²) in [5, 5.41) is 8.42. The van der Waals surface area contributed by atoms with Crippen LogP contribution in [-0.2, 0) is 0 Å². The van der Waals surface area contributed by atoms with Gasteiger partial charge < -0.3 is 10.0 Å². The lowest BCUT2D eigenvalue weighted by Gasteiger charge is -2.14. The molecule has 0 aromatic heterocycles. The molecule has 0 fully saturated rings. The van der Waals surface area contributed by atoms with Crippen molar-refractivity contribution in [2.75, 3.05) is 26.2 Å². The Kier molecular flexibility index (Phi) is 6.55.